The van der Waals surface area contributed by atoms with Gasteiger partial charge in [-0.15, -0.1) is 6.42 Å². The van der Waals surface area contributed by atoms with Crippen LogP contribution in [-0.4, -0.2) is 17.2 Å². The summed E-state index contributed by atoms with van der Waals surface area (Å²) in [5.74, 6) is 2.95. The van der Waals surface area contributed by atoms with Crippen LogP contribution in [0.2, 0.25) is 0 Å². The number of fused-ring (bicyclic) bond motifs is 5. The van der Waals surface area contributed by atoms with E-state index in [1.165, 1.54) is 39.0 Å². The first-order valence-electron chi connectivity index (χ1n) is 12.7. The number of benzene rings is 3. The molecule has 3 aliphatic rings. The fraction of sp³-hybridized carbons (Fsp3) is 0.206. The Kier molecular flexibility index (Phi) is 5.21. The lowest BCUT2D eigenvalue weighted by atomic mass is 9.93. The molecule has 1 spiro atoms. The summed E-state index contributed by atoms with van der Waals surface area (Å²) < 4.78 is 0.883. The second kappa shape index (κ2) is 8.33. The quantitative estimate of drug-likeness (QED) is 0.215. The Morgan fingerprint density at radius 1 is 1.03 bits per heavy atom. The minimum Gasteiger partial charge on any atom is -0.281 e. The fourth-order valence-corrected chi connectivity index (χ4v) is 6.79. The second-order valence-corrected chi connectivity index (χ2v) is 10.4. The summed E-state index contributed by atoms with van der Waals surface area (Å²) >= 11 is 0. The summed E-state index contributed by atoms with van der Waals surface area (Å²) in [5, 5.41) is 0. The smallest absolute Gasteiger partial charge is 0.140 e. The molecule has 0 aromatic heterocycles. The summed E-state index contributed by atoms with van der Waals surface area (Å²) in [5.41, 5.74) is 10.5. The van der Waals surface area contributed by atoms with Crippen molar-refractivity contribution in [2.45, 2.75) is 37.8 Å². The van der Waals surface area contributed by atoms with Gasteiger partial charge >= 0.3 is 0 Å². The van der Waals surface area contributed by atoms with Gasteiger partial charge in [0.05, 0.1) is 19.2 Å². The number of rotatable bonds is 4. The van der Waals surface area contributed by atoms with Crippen molar-refractivity contribution in [2.24, 2.45) is 4.99 Å². The normalized spacial score (nSPS) is 28.1. The molecule has 176 valence electrons. The zero-order valence-corrected chi connectivity index (χ0v) is 21.1. The standard InChI is InChI=1S/C34H31N2/c1-5-6-20-35-25(3)28-15-9-10-16-29(28)32-23-34(32)31-18-12-11-17-30(31)33-22-26(19-21-36(33,34)4)27-14-8-7-13-24(27)2/h1,6-22,32-33H,23H2,2-4H3/q+1/b20-6-,35-25?/t32?,33?,34-,36?/m1/s1. The van der Waals surface area contributed by atoms with Crippen molar-refractivity contribution < 1.29 is 4.48 Å². The van der Waals surface area contributed by atoms with E-state index in [9.17, 15) is 0 Å². The molecule has 0 amide bonds. The van der Waals surface area contributed by atoms with Crippen LogP contribution in [0.4, 0.5) is 0 Å². The largest absolute Gasteiger partial charge is 0.281 e. The van der Waals surface area contributed by atoms with Crippen LogP contribution in [0.1, 0.15) is 58.7 Å². The molecule has 3 aromatic rings. The number of likely N-dealkylation sites (N-methyl/N-ethyl adjacent to an activating group) is 1. The van der Waals surface area contributed by atoms with E-state index in [1.807, 2.05) is 0 Å². The summed E-state index contributed by atoms with van der Waals surface area (Å²) in [7, 11) is 2.42. The van der Waals surface area contributed by atoms with Gasteiger partial charge in [-0.05, 0) is 53.8 Å². The van der Waals surface area contributed by atoms with Crippen molar-refractivity contribution in [1.29, 1.82) is 0 Å². The van der Waals surface area contributed by atoms with Crippen molar-refractivity contribution in [3.8, 4) is 12.3 Å². The molecule has 2 aliphatic heterocycles. The maximum Gasteiger partial charge on any atom is 0.140 e. The Morgan fingerprint density at radius 2 is 1.75 bits per heavy atom. The molecule has 2 heteroatoms. The van der Waals surface area contributed by atoms with Crippen LogP contribution in [0.25, 0.3) is 5.57 Å². The van der Waals surface area contributed by atoms with E-state index >= 15 is 0 Å². The summed E-state index contributed by atoms with van der Waals surface area (Å²) in [6, 6.07) is 26.9. The van der Waals surface area contributed by atoms with Gasteiger partial charge in [-0.1, -0.05) is 78.7 Å². The van der Waals surface area contributed by atoms with Gasteiger partial charge in [-0.2, -0.15) is 0 Å². The van der Waals surface area contributed by atoms with Crippen LogP contribution in [-0.2, 0) is 5.54 Å². The van der Waals surface area contributed by atoms with E-state index < -0.39 is 0 Å². The number of aliphatic imine (C=N–C) groups is 1. The van der Waals surface area contributed by atoms with E-state index in [4.69, 9.17) is 6.42 Å². The van der Waals surface area contributed by atoms with Crippen LogP contribution in [0, 0.1) is 19.3 Å². The van der Waals surface area contributed by atoms with E-state index in [2.05, 4.69) is 123 Å². The number of terminal acetylenes is 1. The molecular formula is C34H31N2+. The molecule has 0 N–H and O–H groups in total. The lowest BCUT2D eigenvalue weighted by molar-refractivity contribution is -0.921. The number of hydrogen-bond donors (Lipinski definition) is 0. The molecule has 2 nitrogen and oxygen atoms in total. The van der Waals surface area contributed by atoms with Crippen molar-refractivity contribution in [3.05, 3.63) is 137 Å². The second-order valence-electron chi connectivity index (χ2n) is 10.4. The fourth-order valence-electron chi connectivity index (χ4n) is 6.79. The van der Waals surface area contributed by atoms with Crippen LogP contribution < -0.4 is 0 Å². The zero-order chi connectivity index (χ0) is 24.9. The van der Waals surface area contributed by atoms with E-state index in [0.29, 0.717) is 12.0 Å². The number of hydrogen-bond acceptors (Lipinski definition) is 1. The highest BCUT2D eigenvalue weighted by Gasteiger charge is 2.74. The first kappa shape index (κ1) is 22.5. The molecule has 3 aromatic carbocycles. The van der Waals surface area contributed by atoms with Gasteiger partial charge in [0.25, 0.3) is 0 Å². The third-order valence-corrected chi connectivity index (χ3v) is 8.64. The molecule has 0 saturated heterocycles. The van der Waals surface area contributed by atoms with Crippen LogP contribution >= 0.6 is 0 Å². The maximum absolute atomic E-state index is 5.38. The number of aryl methyl sites for hydroxylation is 1. The lowest BCUT2D eigenvalue weighted by Gasteiger charge is -2.41. The van der Waals surface area contributed by atoms with Gasteiger partial charge in [-0.3, -0.25) is 9.48 Å². The highest BCUT2D eigenvalue weighted by atomic mass is 15.4. The Morgan fingerprint density at radius 3 is 2.56 bits per heavy atom. The third-order valence-electron chi connectivity index (χ3n) is 8.64. The molecule has 1 fully saturated rings. The van der Waals surface area contributed by atoms with Gasteiger partial charge in [0.2, 0.25) is 0 Å². The van der Waals surface area contributed by atoms with Crippen molar-refractivity contribution >= 4 is 11.3 Å². The number of nitrogens with zero attached hydrogens (tertiary/aromatic N) is 2. The van der Waals surface area contributed by atoms with Crippen LogP contribution in [0.15, 0.2) is 108 Å². The molecule has 0 radical (unpaired) electrons. The summed E-state index contributed by atoms with van der Waals surface area (Å²) in [4.78, 5) is 4.63. The minimum atomic E-state index is 0.0244. The molecule has 2 heterocycles. The van der Waals surface area contributed by atoms with Crippen LogP contribution in [0.5, 0.6) is 0 Å². The van der Waals surface area contributed by atoms with E-state index in [-0.39, 0.29) is 5.54 Å². The maximum atomic E-state index is 5.38. The Labute approximate surface area is 214 Å². The summed E-state index contributed by atoms with van der Waals surface area (Å²) in [6.45, 7) is 4.28. The number of quaternary nitrogens is 1. The third kappa shape index (κ3) is 3.13. The van der Waals surface area contributed by atoms with Gasteiger partial charge in [-0.25, -0.2) is 0 Å². The average molecular weight is 468 g/mol. The molecule has 36 heavy (non-hydrogen) atoms. The van der Waals surface area contributed by atoms with Crippen LogP contribution in [0.3, 0.4) is 0 Å². The van der Waals surface area contributed by atoms with Gasteiger partial charge < -0.3 is 0 Å². The SMILES string of the molecule is C#C/C=C\N=C(C)c1ccccc1C1C[C@@]12c1ccccc1C1C=C(c3ccccc3C)C=C[N+]12C. The van der Waals surface area contributed by atoms with Gasteiger partial charge in [0.1, 0.15) is 11.6 Å². The molecule has 1 aliphatic carbocycles. The highest BCUT2D eigenvalue weighted by molar-refractivity contribution is 6.00. The molecular weight excluding hydrogens is 436 g/mol. The molecule has 4 atom stereocenters. The van der Waals surface area contributed by atoms with Gasteiger partial charge in [0.15, 0.2) is 0 Å². The Hall–Kier alpha value is -3.93. The molecule has 1 saturated carbocycles. The Bertz CT molecular complexity index is 1530. The van der Waals surface area contributed by atoms with E-state index in [0.717, 1.165) is 16.6 Å². The highest BCUT2D eigenvalue weighted by Crippen LogP contribution is 2.73. The van der Waals surface area contributed by atoms with Crippen molar-refractivity contribution in [2.75, 3.05) is 7.05 Å². The van der Waals surface area contributed by atoms with Gasteiger partial charge in [0, 0.05) is 35.5 Å². The topological polar surface area (TPSA) is 12.4 Å². The number of allylic oxidation sites excluding steroid dienone is 3. The first-order valence-corrected chi connectivity index (χ1v) is 12.7. The van der Waals surface area contributed by atoms with Crippen molar-refractivity contribution in [1.82, 2.24) is 0 Å². The monoisotopic (exact) mass is 467 g/mol. The first-order chi connectivity index (χ1) is 17.5. The minimum absolute atomic E-state index is 0.0244. The zero-order valence-electron chi connectivity index (χ0n) is 21.1. The molecule has 0 bridgehead atoms. The average Bonchev–Trinajstić information content (AvgIpc) is 3.62. The molecule has 6 rings (SSSR count). The predicted molar refractivity (Wildman–Crippen MR) is 149 cm³/mol. The van der Waals surface area contributed by atoms with Crippen molar-refractivity contribution in [3.63, 3.8) is 0 Å². The Balaban J connectivity index is 1.46. The molecule has 3 unspecified atom stereocenters. The lowest BCUT2D eigenvalue weighted by Crippen LogP contribution is -2.46. The van der Waals surface area contributed by atoms with E-state index in [1.54, 1.807) is 12.3 Å². The summed E-state index contributed by atoms with van der Waals surface area (Å²) in [6.07, 6.45) is 17.2. The predicted octanol–water partition coefficient (Wildman–Crippen LogP) is 7.45.